The SMILES string of the molecule is Fc1ccc(-n2nnnc2CCl)cc1Br. The highest BCUT2D eigenvalue weighted by atomic mass is 79.9. The van der Waals surface area contributed by atoms with Crippen molar-refractivity contribution in [3.8, 4) is 5.69 Å². The molecule has 15 heavy (non-hydrogen) atoms. The van der Waals surface area contributed by atoms with E-state index in [9.17, 15) is 4.39 Å². The molecule has 2 rings (SSSR count). The van der Waals surface area contributed by atoms with Gasteiger partial charge in [0.2, 0.25) is 0 Å². The number of hydrogen-bond donors (Lipinski definition) is 0. The Hall–Kier alpha value is -1.01. The van der Waals surface area contributed by atoms with Gasteiger partial charge in [-0.25, -0.2) is 4.39 Å². The highest BCUT2D eigenvalue weighted by Gasteiger charge is 2.08. The summed E-state index contributed by atoms with van der Waals surface area (Å²) < 4.78 is 14.8. The number of tetrazole rings is 1. The minimum atomic E-state index is -0.334. The Labute approximate surface area is 98.2 Å². The number of aromatic nitrogens is 4. The molecule has 0 fully saturated rings. The molecule has 4 nitrogen and oxygen atoms in total. The van der Waals surface area contributed by atoms with Gasteiger partial charge in [-0.1, -0.05) is 0 Å². The number of benzene rings is 1. The number of halogens is 3. The molecule has 0 bridgehead atoms. The molecule has 78 valence electrons. The van der Waals surface area contributed by atoms with Gasteiger partial charge in [-0.2, -0.15) is 4.68 Å². The van der Waals surface area contributed by atoms with E-state index in [-0.39, 0.29) is 11.7 Å². The van der Waals surface area contributed by atoms with Crippen LogP contribution in [0.5, 0.6) is 0 Å². The first-order valence-electron chi connectivity index (χ1n) is 4.01. The zero-order chi connectivity index (χ0) is 10.8. The molecular formula is C8H5BrClFN4. The summed E-state index contributed by atoms with van der Waals surface area (Å²) in [6, 6.07) is 4.49. The van der Waals surface area contributed by atoms with E-state index in [1.807, 2.05) is 0 Å². The van der Waals surface area contributed by atoms with E-state index in [4.69, 9.17) is 11.6 Å². The summed E-state index contributed by atoms with van der Waals surface area (Å²) in [5, 5.41) is 11.0. The van der Waals surface area contributed by atoms with Crippen LogP contribution < -0.4 is 0 Å². The van der Waals surface area contributed by atoms with E-state index in [0.29, 0.717) is 16.0 Å². The number of hydrogen-bond acceptors (Lipinski definition) is 3. The maximum Gasteiger partial charge on any atom is 0.171 e. The van der Waals surface area contributed by atoms with Crippen LogP contribution in [0.2, 0.25) is 0 Å². The fraction of sp³-hybridized carbons (Fsp3) is 0.125. The first-order valence-corrected chi connectivity index (χ1v) is 5.34. The second-order valence-corrected chi connectivity index (χ2v) is 3.86. The highest BCUT2D eigenvalue weighted by Crippen LogP contribution is 2.19. The van der Waals surface area contributed by atoms with E-state index in [1.54, 1.807) is 12.1 Å². The second kappa shape index (κ2) is 4.24. The van der Waals surface area contributed by atoms with Crippen LogP contribution in [0, 0.1) is 5.82 Å². The summed E-state index contributed by atoms with van der Waals surface area (Å²) in [4.78, 5) is 0. The molecule has 0 aliphatic heterocycles. The average molecular weight is 292 g/mol. The molecule has 7 heteroatoms. The van der Waals surface area contributed by atoms with Crippen LogP contribution >= 0.6 is 27.5 Å². The molecular weight excluding hydrogens is 286 g/mol. The lowest BCUT2D eigenvalue weighted by atomic mass is 10.3. The lowest BCUT2D eigenvalue weighted by Gasteiger charge is -2.03. The first kappa shape index (κ1) is 10.5. The Morgan fingerprint density at radius 3 is 2.93 bits per heavy atom. The monoisotopic (exact) mass is 290 g/mol. The minimum Gasteiger partial charge on any atom is -0.206 e. The van der Waals surface area contributed by atoms with E-state index < -0.39 is 0 Å². The molecule has 0 aliphatic carbocycles. The standard InChI is InChI=1S/C8H5BrClFN4/c9-6-3-5(1-2-7(6)11)15-8(4-10)12-13-14-15/h1-3H,4H2. The van der Waals surface area contributed by atoms with Crippen molar-refractivity contribution in [3.63, 3.8) is 0 Å². The van der Waals surface area contributed by atoms with Crippen LogP contribution in [0.3, 0.4) is 0 Å². The topological polar surface area (TPSA) is 43.6 Å². The molecule has 0 aliphatic rings. The summed E-state index contributed by atoms with van der Waals surface area (Å²) in [5.74, 6) is 0.372. The third-order valence-electron chi connectivity index (χ3n) is 1.80. The maximum absolute atomic E-state index is 13.0. The maximum atomic E-state index is 13.0. The van der Waals surface area contributed by atoms with E-state index in [2.05, 4.69) is 31.5 Å². The zero-order valence-corrected chi connectivity index (χ0v) is 9.70. The summed E-state index contributed by atoms with van der Waals surface area (Å²) in [5.41, 5.74) is 0.656. The smallest absolute Gasteiger partial charge is 0.171 e. The van der Waals surface area contributed by atoms with Gasteiger partial charge in [0, 0.05) is 0 Å². The van der Waals surface area contributed by atoms with Crippen molar-refractivity contribution in [1.82, 2.24) is 20.2 Å². The third-order valence-corrected chi connectivity index (χ3v) is 2.65. The van der Waals surface area contributed by atoms with Crippen LogP contribution in [0.4, 0.5) is 4.39 Å². The summed E-state index contributed by atoms with van der Waals surface area (Å²) >= 11 is 8.73. The molecule has 1 aromatic carbocycles. The second-order valence-electron chi connectivity index (χ2n) is 2.74. The van der Waals surface area contributed by atoms with Crippen LogP contribution in [0.15, 0.2) is 22.7 Å². The third kappa shape index (κ3) is 2.00. The Kier molecular flexibility index (Phi) is 2.97. The Morgan fingerprint density at radius 2 is 2.27 bits per heavy atom. The molecule has 0 N–H and O–H groups in total. The van der Waals surface area contributed by atoms with Gasteiger partial charge in [0.05, 0.1) is 16.0 Å². The molecule has 1 aromatic heterocycles. The van der Waals surface area contributed by atoms with E-state index >= 15 is 0 Å². The predicted octanol–water partition coefficient (Wildman–Crippen LogP) is 2.30. The molecule has 0 unspecified atom stereocenters. The van der Waals surface area contributed by atoms with E-state index in [0.717, 1.165) is 0 Å². The van der Waals surface area contributed by atoms with Crippen molar-refractivity contribution in [2.75, 3.05) is 0 Å². The van der Waals surface area contributed by atoms with Gasteiger partial charge in [-0.3, -0.25) is 0 Å². The van der Waals surface area contributed by atoms with Gasteiger partial charge in [-0.05, 0) is 44.6 Å². The van der Waals surface area contributed by atoms with Crippen LogP contribution in [0.25, 0.3) is 5.69 Å². The van der Waals surface area contributed by atoms with Gasteiger partial charge >= 0.3 is 0 Å². The van der Waals surface area contributed by atoms with Crippen molar-refractivity contribution in [1.29, 1.82) is 0 Å². The molecule has 0 atom stereocenters. The molecule has 0 saturated heterocycles. The lowest BCUT2D eigenvalue weighted by Crippen LogP contribution is -2.01. The quantitative estimate of drug-likeness (QED) is 0.798. The normalized spacial score (nSPS) is 10.6. The number of nitrogens with zero attached hydrogens (tertiary/aromatic N) is 4. The van der Waals surface area contributed by atoms with Crippen molar-refractivity contribution in [2.24, 2.45) is 0 Å². The minimum absolute atomic E-state index is 0.196. The number of alkyl halides is 1. The summed E-state index contributed by atoms with van der Waals surface area (Å²) in [6.07, 6.45) is 0. The predicted molar refractivity (Wildman–Crippen MR) is 56.4 cm³/mol. The average Bonchev–Trinajstić information content (AvgIpc) is 2.70. The molecule has 0 radical (unpaired) electrons. The molecule has 1 heterocycles. The van der Waals surface area contributed by atoms with Crippen LogP contribution in [-0.4, -0.2) is 20.2 Å². The fourth-order valence-corrected chi connectivity index (χ4v) is 1.64. The lowest BCUT2D eigenvalue weighted by molar-refractivity contribution is 0.619. The van der Waals surface area contributed by atoms with Gasteiger partial charge in [-0.15, -0.1) is 16.7 Å². The molecule has 0 spiro atoms. The highest BCUT2D eigenvalue weighted by molar-refractivity contribution is 9.10. The van der Waals surface area contributed by atoms with Crippen molar-refractivity contribution >= 4 is 27.5 Å². The number of rotatable bonds is 2. The Bertz CT molecular complexity index is 487. The van der Waals surface area contributed by atoms with Crippen molar-refractivity contribution in [3.05, 3.63) is 34.3 Å². The van der Waals surface area contributed by atoms with Gasteiger partial charge in [0.15, 0.2) is 5.82 Å². The Morgan fingerprint density at radius 1 is 1.47 bits per heavy atom. The fourth-order valence-electron chi connectivity index (χ4n) is 1.11. The van der Waals surface area contributed by atoms with Gasteiger partial charge in [0.1, 0.15) is 5.82 Å². The summed E-state index contributed by atoms with van der Waals surface area (Å²) in [6.45, 7) is 0. The van der Waals surface area contributed by atoms with Crippen molar-refractivity contribution < 1.29 is 4.39 Å². The van der Waals surface area contributed by atoms with Gasteiger partial charge in [0.25, 0.3) is 0 Å². The molecule has 0 saturated carbocycles. The van der Waals surface area contributed by atoms with Crippen LogP contribution in [0.1, 0.15) is 5.82 Å². The molecule has 2 aromatic rings. The summed E-state index contributed by atoms with van der Waals surface area (Å²) in [7, 11) is 0. The first-order chi connectivity index (χ1) is 7.22. The largest absolute Gasteiger partial charge is 0.206 e. The molecule has 0 amide bonds. The van der Waals surface area contributed by atoms with Crippen LogP contribution in [-0.2, 0) is 5.88 Å². The Balaban J connectivity index is 2.50. The van der Waals surface area contributed by atoms with Gasteiger partial charge < -0.3 is 0 Å². The van der Waals surface area contributed by atoms with E-state index in [1.165, 1.54) is 10.7 Å². The van der Waals surface area contributed by atoms with Crippen molar-refractivity contribution in [2.45, 2.75) is 5.88 Å². The zero-order valence-electron chi connectivity index (χ0n) is 7.36.